The summed E-state index contributed by atoms with van der Waals surface area (Å²) in [6, 6.07) is 19.1. The molecule has 0 heterocycles. The predicted molar refractivity (Wildman–Crippen MR) is 132 cm³/mol. The van der Waals surface area contributed by atoms with Crippen molar-refractivity contribution in [1.82, 2.24) is 0 Å². The maximum Gasteiger partial charge on any atom is 0.265 e. The first kappa shape index (κ1) is 24.3. The Morgan fingerprint density at radius 2 is 1.48 bits per heavy atom. The lowest BCUT2D eigenvalue weighted by Gasteiger charge is -2.18. The standard InChI is InChI=1S/C26H30N2O4S/c1-17(2)24-8-6-7-9-25(24)32-20(5)26(29)27-21-12-14-23(15-13-21)33(30,31)28-22-11-10-18(3)19(4)16-22/h6-17,20,28H,1-5H3,(H,27,29)/t20-/m0/s1. The summed E-state index contributed by atoms with van der Waals surface area (Å²) in [6.45, 7) is 9.71. The van der Waals surface area contributed by atoms with Gasteiger partial charge in [-0.05, 0) is 85.8 Å². The quantitative estimate of drug-likeness (QED) is 0.450. The van der Waals surface area contributed by atoms with Gasteiger partial charge in [0.1, 0.15) is 5.75 Å². The van der Waals surface area contributed by atoms with Crippen molar-refractivity contribution in [3.05, 3.63) is 83.4 Å². The predicted octanol–water partition coefficient (Wildman–Crippen LogP) is 5.63. The van der Waals surface area contributed by atoms with Gasteiger partial charge in [0, 0.05) is 11.4 Å². The van der Waals surface area contributed by atoms with Gasteiger partial charge in [-0.15, -0.1) is 0 Å². The van der Waals surface area contributed by atoms with Gasteiger partial charge in [0.2, 0.25) is 0 Å². The van der Waals surface area contributed by atoms with E-state index >= 15 is 0 Å². The van der Waals surface area contributed by atoms with Gasteiger partial charge in [-0.2, -0.15) is 0 Å². The lowest BCUT2D eigenvalue weighted by Crippen LogP contribution is -2.30. The number of anilines is 2. The molecular weight excluding hydrogens is 436 g/mol. The topological polar surface area (TPSA) is 84.5 Å². The lowest BCUT2D eigenvalue weighted by atomic mass is 10.0. The molecule has 3 aromatic carbocycles. The summed E-state index contributed by atoms with van der Waals surface area (Å²) >= 11 is 0. The van der Waals surface area contributed by atoms with Crippen LogP contribution in [0, 0.1) is 13.8 Å². The number of carbonyl (C=O) groups excluding carboxylic acids is 1. The zero-order valence-electron chi connectivity index (χ0n) is 19.5. The van der Waals surface area contributed by atoms with E-state index in [-0.39, 0.29) is 16.7 Å². The van der Waals surface area contributed by atoms with E-state index in [0.717, 1.165) is 16.7 Å². The number of nitrogens with one attached hydrogen (secondary N) is 2. The lowest BCUT2D eigenvalue weighted by molar-refractivity contribution is -0.122. The van der Waals surface area contributed by atoms with Crippen LogP contribution in [0.15, 0.2) is 71.6 Å². The van der Waals surface area contributed by atoms with Crippen molar-refractivity contribution >= 4 is 27.3 Å². The van der Waals surface area contributed by atoms with Crippen LogP contribution in [-0.2, 0) is 14.8 Å². The number of hydrogen-bond donors (Lipinski definition) is 2. The minimum absolute atomic E-state index is 0.105. The van der Waals surface area contributed by atoms with Crippen molar-refractivity contribution in [2.45, 2.75) is 51.5 Å². The average Bonchev–Trinajstić information content (AvgIpc) is 2.76. The fraction of sp³-hybridized carbons (Fsp3) is 0.269. The summed E-state index contributed by atoms with van der Waals surface area (Å²) in [7, 11) is -3.75. The van der Waals surface area contributed by atoms with Crippen LogP contribution in [0.5, 0.6) is 5.75 Å². The summed E-state index contributed by atoms with van der Waals surface area (Å²) in [5, 5.41) is 2.77. The molecule has 0 aliphatic carbocycles. The molecule has 0 spiro atoms. The maximum atomic E-state index is 12.7. The Bertz CT molecular complexity index is 1240. The molecule has 33 heavy (non-hydrogen) atoms. The van der Waals surface area contributed by atoms with E-state index in [1.54, 1.807) is 31.2 Å². The van der Waals surface area contributed by atoms with Crippen molar-refractivity contribution in [2.24, 2.45) is 0 Å². The van der Waals surface area contributed by atoms with Gasteiger partial charge in [-0.1, -0.05) is 38.1 Å². The highest BCUT2D eigenvalue weighted by molar-refractivity contribution is 7.92. The van der Waals surface area contributed by atoms with Gasteiger partial charge >= 0.3 is 0 Å². The molecule has 0 saturated carbocycles. The average molecular weight is 467 g/mol. The Morgan fingerprint density at radius 1 is 0.848 bits per heavy atom. The molecule has 0 radical (unpaired) electrons. The molecule has 0 bridgehead atoms. The molecule has 3 aromatic rings. The first-order valence-electron chi connectivity index (χ1n) is 10.8. The number of amides is 1. The van der Waals surface area contributed by atoms with Gasteiger partial charge in [0.25, 0.3) is 15.9 Å². The van der Waals surface area contributed by atoms with E-state index < -0.39 is 16.1 Å². The highest BCUT2D eigenvalue weighted by atomic mass is 32.2. The number of sulfonamides is 1. The first-order valence-corrected chi connectivity index (χ1v) is 12.3. The van der Waals surface area contributed by atoms with Crippen LogP contribution in [0.3, 0.4) is 0 Å². The fourth-order valence-electron chi connectivity index (χ4n) is 3.29. The molecule has 0 aliphatic rings. The molecule has 1 amide bonds. The highest BCUT2D eigenvalue weighted by Crippen LogP contribution is 2.27. The van der Waals surface area contributed by atoms with Crippen LogP contribution < -0.4 is 14.8 Å². The summed E-state index contributed by atoms with van der Waals surface area (Å²) in [5.74, 6) is 0.620. The number of hydrogen-bond acceptors (Lipinski definition) is 4. The fourth-order valence-corrected chi connectivity index (χ4v) is 4.34. The third-order valence-electron chi connectivity index (χ3n) is 5.41. The molecule has 2 N–H and O–H groups in total. The Balaban J connectivity index is 1.66. The normalized spacial score (nSPS) is 12.3. The Kier molecular flexibility index (Phi) is 7.43. The molecule has 3 rings (SSSR count). The zero-order valence-corrected chi connectivity index (χ0v) is 20.4. The van der Waals surface area contributed by atoms with Gasteiger partial charge in [0.15, 0.2) is 6.10 Å². The molecule has 0 fully saturated rings. The van der Waals surface area contributed by atoms with Gasteiger partial charge in [0.05, 0.1) is 4.90 Å². The Labute approximate surface area is 196 Å². The number of aryl methyl sites for hydroxylation is 2. The number of rotatable bonds is 8. The summed E-state index contributed by atoms with van der Waals surface area (Å²) < 4.78 is 33.9. The van der Waals surface area contributed by atoms with E-state index in [9.17, 15) is 13.2 Å². The van der Waals surface area contributed by atoms with Gasteiger partial charge < -0.3 is 10.1 Å². The largest absolute Gasteiger partial charge is 0.481 e. The minimum Gasteiger partial charge on any atom is -0.481 e. The summed E-state index contributed by atoms with van der Waals surface area (Å²) in [5.41, 5.74) is 4.10. The third-order valence-corrected chi connectivity index (χ3v) is 6.80. The maximum absolute atomic E-state index is 12.7. The van der Waals surface area contributed by atoms with E-state index in [0.29, 0.717) is 17.1 Å². The second kappa shape index (κ2) is 10.1. The SMILES string of the molecule is Cc1ccc(NS(=O)(=O)c2ccc(NC(=O)[C@H](C)Oc3ccccc3C(C)C)cc2)cc1C. The van der Waals surface area contributed by atoms with Crippen LogP contribution in [0.25, 0.3) is 0 Å². The molecular formula is C26H30N2O4S. The van der Waals surface area contributed by atoms with Crippen molar-refractivity contribution in [2.75, 3.05) is 10.0 Å². The van der Waals surface area contributed by atoms with Gasteiger partial charge in [-0.25, -0.2) is 8.42 Å². The van der Waals surface area contributed by atoms with E-state index in [1.165, 1.54) is 12.1 Å². The molecule has 0 saturated heterocycles. The minimum atomic E-state index is -3.75. The van der Waals surface area contributed by atoms with Crippen molar-refractivity contribution in [1.29, 1.82) is 0 Å². The number of ether oxygens (including phenoxy) is 1. The molecule has 0 aromatic heterocycles. The second-order valence-corrected chi connectivity index (χ2v) is 10.1. The molecule has 6 nitrogen and oxygen atoms in total. The molecule has 174 valence electrons. The van der Waals surface area contributed by atoms with Gasteiger partial charge in [-0.3, -0.25) is 9.52 Å². The summed E-state index contributed by atoms with van der Waals surface area (Å²) in [6.07, 6.45) is -0.722. The molecule has 0 unspecified atom stereocenters. The highest BCUT2D eigenvalue weighted by Gasteiger charge is 2.19. The smallest absolute Gasteiger partial charge is 0.265 e. The third kappa shape index (κ3) is 6.14. The van der Waals surface area contributed by atoms with E-state index in [2.05, 4.69) is 23.9 Å². The van der Waals surface area contributed by atoms with E-state index in [1.807, 2.05) is 44.2 Å². The van der Waals surface area contributed by atoms with Crippen molar-refractivity contribution in [3.8, 4) is 5.75 Å². The van der Waals surface area contributed by atoms with Crippen LogP contribution >= 0.6 is 0 Å². The Hall–Kier alpha value is -3.32. The van der Waals surface area contributed by atoms with Crippen LogP contribution in [-0.4, -0.2) is 20.4 Å². The van der Waals surface area contributed by atoms with Crippen LogP contribution in [0.4, 0.5) is 11.4 Å². The monoisotopic (exact) mass is 466 g/mol. The van der Waals surface area contributed by atoms with Crippen molar-refractivity contribution in [3.63, 3.8) is 0 Å². The van der Waals surface area contributed by atoms with Crippen LogP contribution in [0.1, 0.15) is 43.4 Å². The molecule has 0 aliphatic heterocycles. The first-order chi connectivity index (χ1) is 15.6. The number of benzene rings is 3. The number of carbonyl (C=O) groups is 1. The Morgan fingerprint density at radius 3 is 2.12 bits per heavy atom. The molecule has 1 atom stereocenters. The van der Waals surface area contributed by atoms with Crippen molar-refractivity contribution < 1.29 is 17.9 Å². The van der Waals surface area contributed by atoms with Crippen LogP contribution in [0.2, 0.25) is 0 Å². The second-order valence-electron chi connectivity index (χ2n) is 8.37. The summed E-state index contributed by atoms with van der Waals surface area (Å²) in [4.78, 5) is 12.7. The number of para-hydroxylation sites is 1. The van der Waals surface area contributed by atoms with E-state index in [4.69, 9.17) is 4.74 Å². The zero-order chi connectivity index (χ0) is 24.2. The molecule has 7 heteroatoms.